The van der Waals surface area contributed by atoms with Gasteiger partial charge in [-0.05, 0) is 50.2 Å². The lowest BCUT2D eigenvalue weighted by Gasteiger charge is -2.36. The number of carbonyl (C=O) groups excluding carboxylic acids is 1. The summed E-state index contributed by atoms with van der Waals surface area (Å²) in [7, 11) is 0. The standard InChI is InChI=1S/C17H28N2OS/c1-2-21-14-9-5-8-13(14)19-15(12-6-3-4-7-12)18-17(10-11-17)16(19)20/h12-15,18H,2-11H2,1H3. The van der Waals surface area contributed by atoms with Crippen molar-refractivity contribution in [1.29, 1.82) is 0 Å². The first-order chi connectivity index (χ1) is 10.2. The van der Waals surface area contributed by atoms with Gasteiger partial charge in [0, 0.05) is 11.3 Å². The van der Waals surface area contributed by atoms with E-state index in [1.807, 2.05) is 0 Å². The second kappa shape index (κ2) is 5.45. The Morgan fingerprint density at radius 1 is 1.19 bits per heavy atom. The van der Waals surface area contributed by atoms with Crippen molar-refractivity contribution in [2.24, 2.45) is 5.92 Å². The molecule has 118 valence electrons. The summed E-state index contributed by atoms with van der Waals surface area (Å²) in [6.07, 6.45) is 11.7. The Kier molecular flexibility index (Phi) is 3.73. The Balaban J connectivity index is 1.58. The van der Waals surface area contributed by atoms with E-state index in [1.54, 1.807) is 0 Å². The van der Waals surface area contributed by atoms with E-state index in [0.29, 0.717) is 29.3 Å². The predicted octanol–water partition coefficient (Wildman–Crippen LogP) is 3.14. The highest BCUT2D eigenvalue weighted by atomic mass is 32.2. The predicted molar refractivity (Wildman–Crippen MR) is 87.3 cm³/mol. The van der Waals surface area contributed by atoms with Crippen LogP contribution in [-0.2, 0) is 4.79 Å². The topological polar surface area (TPSA) is 32.3 Å². The summed E-state index contributed by atoms with van der Waals surface area (Å²) in [6, 6.07) is 0.500. The summed E-state index contributed by atoms with van der Waals surface area (Å²) in [6.45, 7) is 2.25. The zero-order valence-corrected chi connectivity index (χ0v) is 14.0. The van der Waals surface area contributed by atoms with Crippen LogP contribution in [0.3, 0.4) is 0 Å². The molecule has 1 N–H and O–H groups in total. The molecule has 3 aliphatic carbocycles. The van der Waals surface area contributed by atoms with Crippen LogP contribution in [0.1, 0.15) is 64.7 Å². The Morgan fingerprint density at radius 3 is 2.62 bits per heavy atom. The minimum atomic E-state index is -0.128. The average Bonchev–Trinajstić information content (AvgIpc) is 2.83. The van der Waals surface area contributed by atoms with E-state index in [2.05, 4.69) is 28.9 Å². The Bertz CT molecular complexity index is 417. The number of nitrogens with one attached hydrogen (secondary N) is 1. The fraction of sp³-hybridized carbons (Fsp3) is 0.941. The smallest absolute Gasteiger partial charge is 0.244 e. The van der Waals surface area contributed by atoms with Crippen molar-refractivity contribution in [2.75, 3.05) is 5.75 Å². The second-order valence-electron chi connectivity index (χ2n) is 7.42. The highest BCUT2D eigenvalue weighted by molar-refractivity contribution is 7.99. The first-order valence-electron chi connectivity index (χ1n) is 8.97. The molecule has 0 aromatic heterocycles. The summed E-state index contributed by atoms with van der Waals surface area (Å²) in [5.74, 6) is 2.34. The first-order valence-corrected chi connectivity index (χ1v) is 10.0. The summed E-state index contributed by atoms with van der Waals surface area (Å²) in [4.78, 5) is 15.4. The summed E-state index contributed by atoms with van der Waals surface area (Å²) >= 11 is 2.08. The molecule has 1 saturated heterocycles. The van der Waals surface area contributed by atoms with E-state index in [-0.39, 0.29) is 5.54 Å². The maximum absolute atomic E-state index is 13.0. The zero-order chi connectivity index (χ0) is 14.4. The number of amides is 1. The van der Waals surface area contributed by atoms with E-state index in [9.17, 15) is 4.79 Å². The fourth-order valence-electron chi connectivity index (χ4n) is 4.88. The van der Waals surface area contributed by atoms with Crippen molar-refractivity contribution in [1.82, 2.24) is 10.2 Å². The Morgan fingerprint density at radius 2 is 1.95 bits per heavy atom. The van der Waals surface area contributed by atoms with Gasteiger partial charge in [-0.3, -0.25) is 10.1 Å². The second-order valence-corrected chi connectivity index (χ2v) is 8.94. The third kappa shape index (κ3) is 2.33. The number of thioether (sulfide) groups is 1. The summed E-state index contributed by atoms with van der Waals surface area (Å²) < 4.78 is 0. The zero-order valence-electron chi connectivity index (χ0n) is 13.1. The molecule has 0 radical (unpaired) electrons. The molecule has 4 fully saturated rings. The molecule has 1 spiro atoms. The molecule has 4 heteroatoms. The van der Waals surface area contributed by atoms with Crippen molar-refractivity contribution in [3.63, 3.8) is 0 Å². The van der Waals surface area contributed by atoms with Gasteiger partial charge in [-0.2, -0.15) is 11.8 Å². The van der Waals surface area contributed by atoms with Gasteiger partial charge >= 0.3 is 0 Å². The number of hydrogen-bond donors (Lipinski definition) is 1. The molecule has 3 atom stereocenters. The quantitative estimate of drug-likeness (QED) is 0.866. The first kappa shape index (κ1) is 14.4. The minimum Gasteiger partial charge on any atom is -0.321 e. The van der Waals surface area contributed by atoms with Gasteiger partial charge < -0.3 is 4.90 Å². The number of nitrogens with zero attached hydrogens (tertiary/aromatic N) is 1. The van der Waals surface area contributed by atoms with E-state index >= 15 is 0 Å². The highest BCUT2D eigenvalue weighted by Gasteiger charge is 2.62. The number of hydrogen-bond acceptors (Lipinski definition) is 3. The molecule has 1 heterocycles. The molecule has 3 nitrogen and oxygen atoms in total. The molecule has 1 aliphatic heterocycles. The molecule has 1 amide bonds. The van der Waals surface area contributed by atoms with E-state index in [1.165, 1.54) is 50.7 Å². The van der Waals surface area contributed by atoms with Crippen LogP contribution in [0, 0.1) is 5.92 Å². The van der Waals surface area contributed by atoms with Gasteiger partial charge in [0.1, 0.15) is 0 Å². The van der Waals surface area contributed by atoms with Crippen LogP contribution < -0.4 is 5.32 Å². The largest absolute Gasteiger partial charge is 0.321 e. The Hall–Kier alpha value is -0.220. The molecule has 0 bridgehead atoms. The van der Waals surface area contributed by atoms with Crippen LogP contribution >= 0.6 is 11.8 Å². The van der Waals surface area contributed by atoms with Crippen molar-refractivity contribution in [2.45, 2.75) is 87.7 Å². The van der Waals surface area contributed by atoms with Gasteiger partial charge in [0.15, 0.2) is 0 Å². The van der Waals surface area contributed by atoms with E-state index in [4.69, 9.17) is 0 Å². The van der Waals surface area contributed by atoms with Crippen LogP contribution in [0.2, 0.25) is 0 Å². The Labute approximate surface area is 132 Å². The van der Waals surface area contributed by atoms with Crippen LogP contribution in [0.5, 0.6) is 0 Å². The van der Waals surface area contributed by atoms with Crippen LogP contribution in [0.15, 0.2) is 0 Å². The normalized spacial score (nSPS) is 38.8. The van der Waals surface area contributed by atoms with Crippen LogP contribution in [-0.4, -0.2) is 39.6 Å². The number of carbonyl (C=O) groups is 1. The van der Waals surface area contributed by atoms with Gasteiger partial charge in [0.25, 0.3) is 0 Å². The molecular weight excluding hydrogens is 280 g/mol. The minimum absolute atomic E-state index is 0.128. The van der Waals surface area contributed by atoms with E-state index < -0.39 is 0 Å². The van der Waals surface area contributed by atoms with Crippen molar-refractivity contribution in [3.8, 4) is 0 Å². The van der Waals surface area contributed by atoms with Gasteiger partial charge in [-0.1, -0.05) is 26.2 Å². The average molecular weight is 308 g/mol. The third-order valence-electron chi connectivity index (χ3n) is 6.12. The number of rotatable bonds is 4. The molecular formula is C17H28N2OS. The fourth-order valence-corrected chi connectivity index (χ4v) is 6.13. The lowest BCUT2D eigenvalue weighted by Crippen LogP contribution is -2.50. The van der Waals surface area contributed by atoms with Crippen LogP contribution in [0.4, 0.5) is 0 Å². The molecule has 21 heavy (non-hydrogen) atoms. The highest BCUT2D eigenvalue weighted by Crippen LogP contribution is 2.48. The maximum Gasteiger partial charge on any atom is 0.244 e. The monoisotopic (exact) mass is 308 g/mol. The molecule has 3 unspecified atom stereocenters. The maximum atomic E-state index is 13.0. The lowest BCUT2D eigenvalue weighted by atomic mass is 10.0. The molecule has 4 aliphatic rings. The van der Waals surface area contributed by atoms with Gasteiger partial charge in [-0.15, -0.1) is 0 Å². The molecule has 0 aromatic rings. The molecule has 3 saturated carbocycles. The van der Waals surface area contributed by atoms with E-state index in [0.717, 1.165) is 12.8 Å². The van der Waals surface area contributed by atoms with Gasteiger partial charge in [0.05, 0.1) is 11.7 Å². The van der Waals surface area contributed by atoms with Crippen molar-refractivity contribution < 1.29 is 4.79 Å². The van der Waals surface area contributed by atoms with Crippen molar-refractivity contribution >= 4 is 17.7 Å². The molecule has 0 aromatic carbocycles. The summed E-state index contributed by atoms with van der Waals surface area (Å²) in [5, 5.41) is 4.47. The van der Waals surface area contributed by atoms with Crippen molar-refractivity contribution in [3.05, 3.63) is 0 Å². The third-order valence-corrected chi connectivity index (χ3v) is 7.43. The SMILES string of the molecule is CCSC1CCCC1N1C(=O)C2(CC2)NC1C1CCCC1. The molecule has 4 rings (SSSR count). The van der Waals surface area contributed by atoms with Gasteiger partial charge in [-0.25, -0.2) is 0 Å². The summed E-state index contributed by atoms with van der Waals surface area (Å²) in [5.41, 5.74) is -0.128. The lowest BCUT2D eigenvalue weighted by molar-refractivity contribution is -0.133. The van der Waals surface area contributed by atoms with Gasteiger partial charge in [0.2, 0.25) is 5.91 Å². The van der Waals surface area contributed by atoms with Crippen LogP contribution in [0.25, 0.3) is 0 Å².